The van der Waals surface area contributed by atoms with E-state index in [2.05, 4.69) is 10.4 Å². The van der Waals surface area contributed by atoms with Crippen LogP contribution in [0.4, 0.5) is 5.82 Å². The van der Waals surface area contributed by atoms with Crippen LogP contribution in [0.3, 0.4) is 0 Å². The van der Waals surface area contributed by atoms with Gasteiger partial charge in [0.1, 0.15) is 11.6 Å². The molecule has 3 aromatic rings. The van der Waals surface area contributed by atoms with Crippen LogP contribution in [0.5, 0.6) is 5.75 Å². The number of Topliss-reactive ketones (excluding diaryl/α,β-unsaturated/α-hetero) is 1. The van der Waals surface area contributed by atoms with Crippen LogP contribution in [0.15, 0.2) is 48.5 Å². The molecule has 2 N–H and O–H groups in total. The first-order valence-corrected chi connectivity index (χ1v) is 8.73. The van der Waals surface area contributed by atoms with Gasteiger partial charge in [-0.2, -0.15) is 5.10 Å². The standard InChI is InChI=1S/C21H19N3O3/c1-12-3-7-15(8-4-12)24-21-19(13(2)23-24)17(11-18(26)22-21)20(27)14-5-9-16(25)10-6-14/h3-10,17,25H,11H2,1-2H3,(H,22,26). The Bertz CT molecular complexity index is 1030. The third-order valence-corrected chi connectivity index (χ3v) is 4.85. The van der Waals surface area contributed by atoms with Crippen molar-refractivity contribution >= 4 is 17.5 Å². The second kappa shape index (κ2) is 6.39. The summed E-state index contributed by atoms with van der Waals surface area (Å²) in [5, 5.41) is 16.9. The summed E-state index contributed by atoms with van der Waals surface area (Å²) in [6.45, 7) is 3.85. The van der Waals surface area contributed by atoms with Crippen molar-refractivity contribution in [3.63, 3.8) is 0 Å². The van der Waals surface area contributed by atoms with Gasteiger partial charge in [-0.15, -0.1) is 0 Å². The van der Waals surface area contributed by atoms with Crippen LogP contribution in [0.25, 0.3) is 5.69 Å². The molecule has 1 atom stereocenters. The second-order valence-electron chi connectivity index (χ2n) is 6.81. The summed E-state index contributed by atoms with van der Waals surface area (Å²) in [6.07, 6.45) is 0.0765. The molecule has 0 saturated heterocycles. The van der Waals surface area contributed by atoms with Crippen molar-refractivity contribution in [2.24, 2.45) is 0 Å². The number of nitrogens with zero attached hydrogens (tertiary/aromatic N) is 2. The highest BCUT2D eigenvalue weighted by Gasteiger charge is 2.36. The Morgan fingerprint density at radius 3 is 2.44 bits per heavy atom. The number of ketones is 1. The molecule has 1 aromatic heterocycles. The maximum atomic E-state index is 13.1. The Morgan fingerprint density at radius 2 is 1.78 bits per heavy atom. The van der Waals surface area contributed by atoms with Crippen molar-refractivity contribution in [2.75, 3.05) is 5.32 Å². The molecule has 2 heterocycles. The number of carbonyl (C=O) groups is 2. The zero-order valence-electron chi connectivity index (χ0n) is 15.1. The molecule has 0 aliphatic carbocycles. The van der Waals surface area contributed by atoms with Crippen LogP contribution in [0.1, 0.15) is 39.5 Å². The maximum absolute atomic E-state index is 13.1. The molecule has 2 aromatic carbocycles. The van der Waals surface area contributed by atoms with E-state index in [0.29, 0.717) is 17.1 Å². The summed E-state index contributed by atoms with van der Waals surface area (Å²) in [4.78, 5) is 25.4. The van der Waals surface area contributed by atoms with Gasteiger partial charge in [0.2, 0.25) is 5.91 Å². The zero-order chi connectivity index (χ0) is 19.1. The van der Waals surface area contributed by atoms with Crippen molar-refractivity contribution in [2.45, 2.75) is 26.2 Å². The highest BCUT2D eigenvalue weighted by molar-refractivity contribution is 6.08. The largest absolute Gasteiger partial charge is 0.508 e. The van der Waals surface area contributed by atoms with Crippen molar-refractivity contribution < 1.29 is 14.7 Å². The molecule has 1 amide bonds. The number of hydrogen-bond acceptors (Lipinski definition) is 4. The second-order valence-corrected chi connectivity index (χ2v) is 6.81. The normalized spacial score (nSPS) is 15.9. The first-order valence-electron chi connectivity index (χ1n) is 8.73. The number of rotatable bonds is 3. The third kappa shape index (κ3) is 2.99. The van der Waals surface area contributed by atoms with Crippen molar-refractivity contribution in [1.82, 2.24) is 9.78 Å². The molecule has 1 unspecified atom stereocenters. The van der Waals surface area contributed by atoms with E-state index in [1.54, 1.807) is 16.8 Å². The van der Waals surface area contributed by atoms with Crippen LogP contribution < -0.4 is 5.32 Å². The van der Waals surface area contributed by atoms with Crippen LogP contribution in [0.2, 0.25) is 0 Å². The van der Waals surface area contributed by atoms with Gasteiger partial charge in [0.05, 0.1) is 17.3 Å². The highest BCUT2D eigenvalue weighted by Crippen LogP contribution is 2.38. The molecule has 136 valence electrons. The Hall–Kier alpha value is -3.41. The van der Waals surface area contributed by atoms with E-state index in [9.17, 15) is 14.7 Å². The van der Waals surface area contributed by atoms with Crippen molar-refractivity contribution in [3.8, 4) is 11.4 Å². The van der Waals surface area contributed by atoms with Gasteiger partial charge >= 0.3 is 0 Å². The van der Waals surface area contributed by atoms with Gasteiger partial charge in [0, 0.05) is 17.5 Å². The lowest BCUT2D eigenvalue weighted by molar-refractivity contribution is -0.116. The lowest BCUT2D eigenvalue weighted by Gasteiger charge is -2.23. The molecule has 6 heteroatoms. The molecule has 0 bridgehead atoms. The summed E-state index contributed by atoms with van der Waals surface area (Å²) in [5.74, 6) is -0.329. The number of phenols is 1. The van der Waals surface area contributed by atoms with Gasteiger partial charge in [-0.1, -0.05) is 17.7 Å². The quantitative estimate of drug-likeness (QED) is 0.699. The molecule has 0 radical (unpaired) electrons. The van der Waals surface area contributed by atoms with Gasteiger partial charge in [-0.3, -0.25) is 9.59 Å². The van der Waals surface area contributed by atoms with Crippen molar-refractivity contribution in [3.05, 3.63) is 70.9 Å². The molecule has 1 aliphatic rings. The van der Waals surface area contributed by atoms with E-state index in [-0.39, 0.29) is 23.9 Å². The third-order valence-electron chi connectivity index (χ3n) is 4.85. The number of phenolic OH excluding ortho intramolecular Hbond substituents is 1. The minimum atomic E-state index is -0.600. The number of carbonyl (C=O) groups excluding carboxylic acids is 2. The summed E-state index contributed by atoms with van der Waals surface area (Å²) in [7, 11) is 0. The number of benzene rings is 2. The molecule has 27 heavy (non-hydrogen) atoms. The fourth-order valence-electron chi connectivity index (χ4n) is 3.47. The summed E-state index contributed by atoms with van der Waals surface area (Å²) >= 11 is 0. The monoisotopic (exact) mass is 361 g/mol. The lowest BCUT2D eigenvalue weighted by atomic mass is 9.85. The van der Waals surface area contributed by atoms with E-state index < -0.39 is 5.92 Å². The lowest BCUT2D eigenvalue weighted by Crippen LogP contribution is -2.28. The number of hydrogen-bond donors (Lipinski definition) is 2. The van der Waals surface area contributed by atoms with Gasteiger partial charge in [0.25, 0.3) is 0 Å². The first-order chi connectivity index (χ1) is 12.9. The number of aryl methyl sites for hydroxylation is 2. The van der Waals surface area contributed by atoms with Gasteiger partial charge in [-0.25, -0.2) is 4.68 Å². The molecule has 0 fully saturated rings. The number of fused-ring (bicyclic) bond motifs is 1. The number of aromatic hydroxyl groups is 1. The Kier molecular flexibility index (Phi) is 4.03. The van der Waals surface area contributed by atoms with E-state index in [1.165, 1.54) is 12.1 Å². The number of anilines is 1. The maximum Gasteiger partial charge on any atom is 0.226 e. The molecule has 4 rings (SSSR count). The van der Waals surface area contributed by atoms with Gasteiger partial charge in [-0.05, 0) is 50.2 Å². The molecule has 6 nitrogen and oxygen atoms in total. The van der Waals surface area contributed by atoms with E-state index in [4.69, 9.17) is 0 Å². The SMILES string of the molecule is Cc1ccc(-n2nc(C)c3c2NC(=O)CC3C(=O)c2ccc(O)cc2)cc1. The summed E-state index contributed by atoms with van der Waals surface area (Å²) < 4.78 is 1.68. The summed E-state index contributed by atoms with van der Waals surface area (Å²) in [5.41, 5.74) is 3.86. The Balaban J connectivity index is 1.80. The predicted octanol–water partition coefficient (Wildman–Crippen LogP) is 3.50. The molecule has 0 saturated carbocycles. The van der Waals surface area contributed by atoms with Crippen LogP contribution in [-0.2, 0) is 4.79 Å². The Labute approximate surface area is 156 Å². The minimum Gasteiger partial charge on any atom is -0.508 e. The minimum absolute atomic E-state index is 0.0765. The first kappa shape index (κ1) is 17.0. The number of amides is 1. The average Bonchev–Trinajstić information content (AvgIpc) is 2.98. The van der Waals surface area contributed by atoms with E-state index in [0.717, 1.165) is 16.8 Å². The molecule has 0 spiro atoms. The Morgan fingerprint density at radius 1 is 1.11 bits per heavy atom. The van der Waals surface area contributed by atoms with Gasteiger partial charge in [0.15, 0.2) is 5.78 Å². The van der Waals surface area contributed by atoms with Crippen LogP contribution >= 0.6 is 0 Å². The zero-order valence-corrected chi connectivity index (χ0v) is 15.1. The molecular weight excluding hydrogens is 342 g/mol. The average molecular weight is 361 g/mol. The smallest absolute Gasteiger partial charge is 0.226 e. The fourth-order valence-corrected chi connectivity index (χ4v) is 3.47. The van der Waals surface area contributed by atoms with Gasteiger partial charge < -0.3 is 10.4 Å². The number of nitrogens with one attached hydrogen (secondary N) is 1. The van der Waals surface area contributed by atoms with Crippen LogP contribution in [0, 0.1) is 13.8 Å². The fraction of sp³-hybridized carbons (Fsp3) is 0.190. The van der Waals surface area contributed by atoms with Crippen molar-refractivity contribution in [1.29, 1.82) is 0 Å². The van der Waals surface area contributed by atoms with E-state index in [1.807, 2.05) is 38.1 Å². The van der Waals surface area contributed by atoms with Crippen LogP contribution in [-0.4, -0.2) is 26.6 Å². The molecular formula is C21H19N3O3. The molecule has 1 aliphatic heterocycles. The summed E-state index contributed by atoms with van der Waals surface area (Å²) in [6, 6.07) is 13.9. The highest BCUT2D eigenvalue weighted by atomic mass is 16.3. The number of aromatic nitrogens is 2. The predicted molar refractivity (Wildman–Crippen MR) is 101 cm³/mol. The van der Waals surface area contributed by atoms with E-state index >= 15 is 0 Å². The topological polar surface area (TPSA) is 84.2 Å².